The highest BCUT2D eigenvalue weighted by Gasteiger charge is 2.29. The van der Waals surface area contributed by atoms with Crippen molar-refractivity contribution in [2.75, 3.05) is 37.6 Å². The fraction of sp³-hybridized carbons (Fsp3) is 0.265. The lowest BCUT2D eigenvalue weighted by Crippen LogP contribution is -2.50. The molecule has 0 radical (unpaired) electrons. The summed E-state index contributed by atoms with van der Waals surface area (Å²) in [5.74, 6) is -1.30. The number of hydrogen-bond acceptors (Lipinski definition) is 7. The van der Waals surface area contributed by atoms with Crippen LogP contribution in [0.3, 0.4) is 0 Å². The van der Waals surface area contributed by atoms with Crippen LogP contribution in [-0.2, 0) is 29.0 Å². The molecule has 9 heteroatoms. The van der Waals surface area contributed by atoms with E-state index < -0.39 is 23.6 Å². The summed E-state index contributed by atoms with van der Waals surface area (Å²) in [6.07, 6.45) is 4.04. The fourth-order valence-corrected chi connectivity index (χ4v) is 5.18. The third-order valence-electron chi connectivity index (χ3n) is 7.47. The molecule has 4 aromatic rings. The Hall–Kier alpha value is -4.89. The molecule has 43 heavy (non-hydrogen) atoms. The first-order chi connectivity index (χ1) is 21.1. The number of piperazine rings is 1. The molecule has 3 heterocycles. The lowest BCUT2D eigenvalue weighted by atomic mass is 10.0. The van der Waals surface area contributed by atoms with Crippen LogP contribution in [0.2, 0.25) is 0 Å². The Balaban J connectivity index is 1.25. The second-order valence-electron chi connectivity index (χ2n) is 10.5. The zero-order chi connectivity index (χ0) is 29.9. The van der Waals surface area contributed by atoms with Crippen LogP contribution in [0.1, 0.15) is 27.2 Å². The van der Waals surface area contributed by atoms with Crippen LogP contribution in [0.5, 0.6) is 0 Å². The van der Waals surface area contributed by atoms with Gasteiger partial charge < -0.3 is 15.5 Å². The third-order valence-corrected chi connectivity index (χ3v) is 7.47. The van der Waals surface area contributed by atoms with Gasteiger partial charge in [0.2, 0.25) is 5.78 Å². The van der Waals surface area contributed by atoms with E-state index in [4.69, 9.17) is 0 Å². The minimum absolute atomic E-state index is 0.187. The summed E-state index contributed by atoms with van der Waals surface area (Å²) in [4.78, 5) is 53.2. The number of hydrogen-bond donors (Lipinski definition) is 2. The molecule has 2 N–H and O–H groups in total. The Labute approximate surface area is 252 Å². The van der Waals surface area contributed by atoms with Gasteiger partial charge in [0.05, 0.1) is 5.56 Å². The number of aromatic nitrogens is 2. The third kappa shape index (κ3) is 8.33. The van der Waals surface area contributed by atoms with Crippen molar-refractivity contribution in [1.29, 1.82) is 0 Å². The summed E-state index contributed by atoms with van der Waals surface area (Å²) in [6.45, 7) is 4.24. The SMILES string of the molecule is O=C(NCCc1ccccn1)C(=O)C(Cc1ccccc1)NC(=O)c1cccnc1N1CCN(Cc2ccccc2)CC1. The van der Waals surface area contributed by atoms with Crippen LogP contribution in [0.25, 0.3) is 0 Å². The Morgan fingerprint density at radius 2 is 1.42 bits per heavy atom. The van der Waals surface area contributed by atoms with E-state index in [0.29, 0.717) is 17.8 Å². The van der Waals surface area contributed by atoms with Gasteiger partial charge in [-0.3, -0.25) is 24.3 Å². The number of ketones is 1. The molecule has 220 valence electrons. The molecule has 1 fully saturated rings. The maximum atomic E-state index is 13.7. The number of nitrogens with one attached hydrogen (secondary N) is 2. The molecule has 0 spiro atoms. The van der Waals surface area contributed by atoms with Crippen LogP contribution >= 0.6 is 0 Å². The smallest absolute Gasteiger partial charge is 0.289 e. The molecule has 1 aliphatic rings. The number of carbonyl (C=O) groups excluding carboxylic acids is 3. The van der Waals surface area contributed by atoms with Crippen molar-refractivity contribution in [2.45, 2.75) is 25.4 Å². The highest BCUT2D eigenvalue weighted by Crippen LogP contribution is 2.20. The van der Waals surface area contributed by atoms with Crippen molar-refractivity contribution in [3.63, 3.8) is 0 Å². The molecule has 9 nitrogen and oxygen atoms in total. The van der Waals surface area contributed by atoms with E-state index in [-0.39, 0.29) is 13.0 Å². The average molecular weight is 577 g/mol. The topological polar surface area (TPSA) is 108 Å². The van der Waals surface area contributed by atoms with Crippen LogP contribution < -0.4 is 15.5 Å². The van der Waals surface area contributed by atoms with Gasteiger partial charge in [-0.1, -0.05) is 66.7 Å². The Morgan fingerprint density at radius 1 is 0.744 bits per heavy atom. The summed E-state index contributed by atoms with van der Waals surface area (Å²) in [5.41, 5.74) is 3.29. The first-order valence-electron chi connectivity index (χ1n) is 14.6. The number of amides is 2. The van der Waals surface area contributed by atoms with Gasteiger partial charge in [-0.05, 0) is 35.4 Å². The van der Waals surface area contributed by atoms with E-state index in [2.05, 4.69) is 42.5 Å². The summed E-state index contributed by atoms with van der Waals surface area (Å²) >= 11 is 0. The highest BCUT2D eigenvalue weighted by atomic mass is 16.2. The van der Waals surface area contributed by atoms with E-state index in [9.17, 15) is 14.4 Å². The molecule has 0 aliphatic carbocycles. The van der Waals surface area contributed by atoms with Gasteiger partial charge in [-0.2, -0.15) is 0 Å². The molecule has 2 aromatic heterocycles. The standard InChI is InChI=1S/C34H36N6O3/c41-31(34(43)37-19-16-28-14-7-8-17-35-28)30(24-26-10-3-1-4-11-26)38-33(42)29-15-9-18-36-32(29)40-22-20-39(21-23-40)25-27-12-5-2-6-13-27/h1-15,17-18,30H,16,19-25H2,(H,37,43)(H,38,42). The summed E-state index contributed by atoms with van der Waals surface area (Å²) in [5, 5.41) is 5.54. The van der Waals surface area contributed by atoms with Gasteiger partial charge in [0.25, 0.3) is 11.8 Å². The van der Waals surface area contributed by atoms with E-state index >= 15 is 0 Å². The van der Waals surface area contributed by atoms with E-state index in [0.717, 1.165) is 44.0 Å². The highest BCUT2D eigenvalue weighted by molar-refractivity contribution is 6.38. The second kappa shape index (κ2) is 14.8. The number of Topliss-reactive ketones (excluding diaryl/α,β-unsaturated/α-hetero) is 1. The molecule has 0 bridgehead atoms. The van der Waals surface area contributed by atoms with Crippen molar-refractivity contribution in [3.8, 4) is 0 Å². The maximum absolute atomic E-state index is 13.7. The minimum atomic E-state index is -1.04. The summed E-state index contributed by atoms with van der Waals surface area (Å²) < 4.78 is 0. The number of nitrogens with zero attached hydrogens (tertiary/aromatic N) is 4. The van der Waals surface area contributed by atoms with Gasteiger partial charge >= 0.3 is 0 Å². The lowest BCUT2D eigenvalue weighted by Gasteiger charge is -2.36. The first-order valence-corrected chi connectivity index (χ1v) is 14.6. The minimum Gasteiger partial charge on any atom is -0.353 e. The molecular weight excluding hydrogens is 540 g/mol. The van der Waals surface area contributed by atoms with Crippen molar-refractivity contribution >= 4 is 23.4 Å². The molecule has 1 unspecified atom stereocenters. The molecule has 1 saturated heterocycles. The Bertz CT molecular complexity index is 1490. The first kappa shape index (κ1) is 29.6. The Kier molecular flexibility index (Phi) is 10.2. The second-order valence-corrected chi connectivity index (χ2v) is 10.5. The number of carbonyl (C=O) groups is 3. The zero-order valence-electron chi connectivity index (χ0n) is 24.1. The van der Waals surface area contributed by atoms with Crippen LogP contribution in [0.15, 0.2) is 103 Å². The van der Waals surface area contributed by atoms with Crippen molar-refractivity contribution < 1.29 is 14.4 Å². The maximum Gasteiger partial charge on any atom is 0.289 e. The van der Waals surface area contributed by atoms with Crippen LogP contribution in [0.4, 0.5) is 5.82 Å². The average Bonchev–Trinajstić information content (AvgIpc) is 3.06. The van der Waals surface area contributed by atoms with Crippen molar-refractivity contribution in [3.05, 3.63) is 126 Å². The molecule has 5 rings (SSSR count). The van der Waals surface area contributed by atoms with Gasteiger partial charge in [-0.25, -0.2) is 4.98 Å². The van der Waals surface area contributed by atoms with Gasteiger partial charge in [0.1, 0.15) is 11.9 Å². The lowest BCUT2D eigenvalue weighted by molar-refractivity contribution is -0.138. The quantitative estimate of drug-likeness (QED) is 0.250. The largest absolute Gasteiger partial charge is 0.353 e. The molecule has 1 atom stereocenters. The number of anilines is 1. The monoisotopic (exact) mass is 576 g/mol. The van der Waals surface area contributed by atoms with E-state index in [1.54, 1.807) is 24.5 Å². The number of benzene rings is 2. The summed E-state index contributed by atoms with van der Waals surface area (Å²) in [7, 11) is 0. The summed E-state index contributed by atoms with van der Waals surface area (Å²) in [6, 6.07) is 27.7. The molecule has 1 aliphatic heterocycles. The van der Waals surface area contributed by atoms with Crippen LogP contribution in [0, 0.1) is 0 Å². The number of rotatable bonds is 12. The molecule has 0 saturated carbocycles. The molecule has 2 aromatic carbocycles. The van der Waals surface area contributed by atoms with Gasteiger partial charge in [0.15, 0.2) is 0 Å². The van der Waals surface area contributed by atoms with Crippen molar-refractivity contribution in [1.82, 2.24) is 25.5 Å². The molecular formula is C34H36N6O3. The van der Waals surface area contributed by atoms with E-state index in [1.807, 2.05) is 66.7 Å². The molecule has 2 amide bonds. The Morgan fingerprint density at radius 3 is 2.12 bits per heavy atom. The fourth-order valence-electron chi connectivity index (χ4n) is 5.18. The van der Waals surface area contributed by atoms with Crippen molar-refractivity contribution in [2.24, 2.45) is 0 Å². The van der Waals surface area contributed by atoms with Gasteiger partial charge in [0, 0.05) is 70.2 Å². The normalized spacial score (nSPS) is 14.1. The predicted molar refractivity (Wildman–Crippen MR) is 166 cm³/mol. The number of pyridine rings is 2. The van der Waals surface area contributed by atoms with Gasteiger partial charge in [-0.15, -0.1) is 0 Å². The zero-order valence-corrected chi connectivity index (χ0v) is 24.1. The van der Waals surface area contributed by atoms with Crippen LogP contribution in [-0.4, -0.2) is 71.2 Å². The predicted octanol–water partition coefficient (Wildman–Crippen LogP) is 3.07. The van der Waals surface area contributed by atoms with E-state index in [1.165, 1.54) is 5.56 Å².